The molecule has 1 amide bonds. The SMILES string of the molecule is O=C(O)c1ccc(NC(=O)c2ccnc(Br)c2)c(F)c1. The van der Waals surface area contributed by atoms with Gasteiger partial charge in [0.1, 0.15) is 10.4 Å². The van der Waals surface area contributed by atoms with E-state index in [4.69, 9.17) is 5.11 Å². The number of anilines is 1. The first-order chi connectivity index (χ1) is 9.47. The van der Waals surface area contributed by atoms with Crippen LogP contribution in [-0.4, -0.2) is 22.0 Å². The first-order valence-corrected chi connectivity index (χ1v) is 6.22. The number of pyridine rings is 1. The van der Waals surface area contributed by atoms with Crippen molar-refractivity contribution >= 4 is 33.5 Å². The number of nitrogens with one attached hydrogen (secondary N) is 1. The van der Waals surface area contributed by atoms with E-state index >= 15 is 0 Å². The van der Waals surface area contributed by atoms with Crippen molar-refractivity contribution in [3.63, 3.8) is 0 Å². The Labute approximate surface area is 121 Å². The van der Waals surface area contributed by atoms with Gasteiger partial charge in [-0.25, -0.2) is 14.2 Å². The van der Waals surface area contributed by atoms with Gasteiger partial charge >= 0.3 is 5.97 Å². The summed E-state index contributed by atoms with van der Waals surface area (Å²) in [5.74, 6) is -2.57. The van der Waals surface area contributed by atoms with Crippen LogP contribution in [0.5, 0.6) is 0 Å². The van der Waals surface area contributed by atoms with Crippen molar-refractivity contribution in [2.45, 2.75) is 0 Å². The van der Waals surface area contributed by atoms with Gasteiger partial charge in [0.15, 0.2) is 0 Å². The number of aromatic nitrogens is 1. The molecule has 102 valence electrons. The number of amides is 1. The third kappa shape index (κ3) is 3.18. The minimum absolute atomic E-state index is 0.0899. The highest BCUT2D eigenvalue weighted by atomic mass is 79.9. The number of nitrogens with zero attached hydrogens (tertiary/aromatic N) is 1. The molecule has 0 fully saturated rings. The Morgan fingerprint density at radius 2 is 1.95 bits per heavy atom. The van der Waals surface area contributed by atoms with Crippen molar-refractivity contribution in [1.82, 2.24) is 4.98 Å². The van der Waals surface area contributed by atoms with E-state index in [1.54, 1.807) is 0 Å². The second-order valence-corrected chi connectivity index (χ2v) is 4.63. The molecule has 0 aliphatic carbocycles. The number of hydrogen-bond acceptors (Lipinski definition) is 3. The van der Waals surface area contributed by atoms with E-state index in [-0.39, 0.29) is 11.3 Å². The largest absolute Gasteiger partial charge is 0.478 e. The molecular weight excluding hydrogens is 331 g/mol. The lowest BCUT2D eigenvalue weighted by Crippen LogP contribution is -2.13. The molecule has 0 bridgehead atoms. The number of halogens is 2. The summed E-state index contributed by atoms with van der Waals surface area (Å²) in [7, 11) is 0. The normalized spacial score (nSPS) is 10.1. The highest BCUT2D eigenvalue weighted by molar-refractivity contribution is 9.10. The molecule has 0 saturated heterocycles. The maximum atomic E-state index is 13.7. The lowest BCUT2D eigenvalue weighted by molar-refractivity contribution is 0.0696. The molecule has 2 N–H and O–H groups in total. The number of carbonyl (C=O) groups is 2. The number of benzene rings is 1. The Morgan fingerprint density at radius 1 is 1.20 bits per heavy atom. The van der Waals surface area contributed by atoms with Crippen LogP contribution < -0.4 is 5.32 Å². The molecule has 1 aromatic heterocycles. The maximum Gasteiger partial charge on any atom is 0.335 e. The monoisotopic (exact) mass is 338 g/mol. The third-order valence-corrected chi connectivity index (χ3v) is 2.89. The fourth-order valence-electron chi connectivity index (χ4n) is 1.49. The molecule has 1 heterocycles. The number of aromatic carboxylic acids is 1. The van der Waals surface area contributed by atoms with Crippen molar-refractivity contribution in [1.29, 1.82) is 0 Å². The molecule has 0 aliphatic rings. The van der Waals surface area contributed by atoms with Crippen molar-refractivity contribution in [3.05, 3.63) is 58.1 Å². The van der Waals surface area contributed by atoms with E-state index < -0.39 is 17.7 Å². The smallest absolute Gasteiger partial charge is 0.335 e. The fraction of sp³-hybridized carbons (Fsp3) is 0. The highest BCUT2D eigenvalue weighted by Crippen LogP contribution is 2.17. The van der Waals surface area contributed by atoms with Gasteiger partial charge in [0.2, 0.25) is 0 Å². The van der Waals surface area contributed by atoms with Crippen molar-refractivity contribution in [2.75, 3.05) is 5.32 Å². The first kappa shape index (κ1) is 14.1. The summed E-state index contributed by atoms with van der Waals surface area (Å²) < 4.78 is 14.1. The average Bonchev–Trinajstić information content (AvgIpc) is 2.40. The molecule has 0 atom stereocenters. The predicted molar refractivity (Wildman–Crippen MR) is 73.2 cm³/mol. The Hall–Kier alpha value is -2.28. The van der Waals surface area contributed by atoms with Crippen LogP contribution in [0.2, 0.25) is 0 Å². The molecular formula is C13H8BrFN2O3. The summed E-state index contributed by atoms with van der Waals surface area (Å²) in [5.41, 5.74) is 0.0219. The van der Waals surface area contributed by atoms with E-state index in [0.29, 0.717) is 10.2 Å². The lowest BCUT2D eigenvalue weighted by atomic mass is 10.2. The molecule has 1 aromatic carbocycles. The second kappa shape index (κ2) is 5.79. The summed E-state index contributed by atoms with van der Waals surface area (Å²) in [5, 5.41) is 11.1. The predicted octanol–water partition coefficient (Wildman–Crippen LogP) is 2.93. The van der Waals surface area contributed by atoms with Gasteiger partial charge in [0.25, 0.3) is 5.91 Å². The molecule has 0 unspecified atom stereocenters. The van der Waals surface area contributed by atoms with Gasteiger partial charge in [-0.3, -0.25) is 4.79 Å². The number of hydrogen-bond donors (Lipinski definition) is 2. The molecule has 0 aliphatic heterocycles. The molecule has 2 aromatic rings. The fourth-order valence-corrected chi connectivity index (χ4v) is 1.85. The third-order valence-electron chi connectivity index (χ3n) is 2.45. The summed E-state index contributed by atoms with van der Waals surface area (Å²) in [6.45, 7) is 0. The topological polar surface area (TPSA) is 79.3 Å². The van der Waals surface area contributed by atoms with Gasteiger partial charge in [-0.15, -0.1) is 0 Å². The summed E-state index contributed by atoms with van der Waals surface area (Å²) >= 11 is 3.13. The van der Waals surface area contributed by atoms with E-state index in [9.17, 15) is 14.0 Å². The summed E-state index contributed by atoms with van der Waals surface area (Å²) in [6, 6.07) is 6.22. The van der Waals surface area contributed by atoms with Crippen molar-refractivity contribution < 1.29 is 19.1 Å². The second-order valence-electron chi connectivity index (χ2n) is 3.82. The van der Waals surface area contributed by atoms with E-state index in [0.717, 1.165) is 6.07 Å². The van der Waals surface area contributed by atoms with Crippen LogP contribution in [0, 0.1) is 5.82 Å². The average molecular weight is 339 g/mol. The van der Waals surface area contributed by atoms with E-state index in [1.807, 2.05) is 0 Å². The van der Waals surface area contributed by atoms with Crippen molar-refractivity contribution in [3.8, 4) is 0 Å². The maximum absolute atomic E-state index is 13.7. The van der Waals surface area contributed by atoms with Gasteiger partial charge < -0.3 is 10.4 Å². The Morgan fingerprint density at radius 3 is 2.55 bits per heavy atom. The number of carboxylic acid groups (broad SMARTS) is 1. The zero-order chi connectivity index (χ0) is 14.7. The minimum Gasteiger partial charge on any atom is -0.478 e. The van der Waals surface area contributed by atoms with E-state index in [2.05, 4.69) is 26.2 Å². The number of carbonyl (C=O) groups excluding carboxylic acids is 1. The van der Waals surface area contributed by atoms with Crippen LogP contribution in [0.25, 0.3) is 0 Å². The Bertz CT molecular complexity index is 691. The molecule has 0 spiro atoms. The van der Waals surface area contributed by atoms with Gasteiger partial charge in [0.05, 0.1) is 11.3 Å². The van der Waals surface area contributed by atoms with Crippen LogP contribution in [0.15, 0.2) is 41.1 Å². The van der Waals surface area contributed by atoms with Gasteiger partial charge in [-0.2, -0.15) is 0 Å². The van der Waals surface area contributed by atoms with E-state index in [1.165, 1.54) is 30.5 Å². The molecule has 2 rings (SSSR count). The standard InChI is InChI=1S/C13H8BrFN2O3/c14-11-6-7(3-4-16-11)12(18)17-10-2-1-8(13(19)20)5-9(10)15/h1-6H,(H,17,18)(H,19,20). The Kier molecular flexibility index (Phi) is 4.09. The van der Waals surface area contributed by atoms with Crippen LogP contribution >= 0.6 is 15.9 Å². The van der Waals surface area contributed by atoms with Crippen LogP contribution in [-0.2, 0) is 0 Å². The summed E-state index contributed by atoms with van der Waals surface area (Å²) in [4.78, 5) is 26.4. The Balaban J connectivity index is 2.22. The first-order valence-electron chi connectivity index (χ1n) is 5.43. The van der Waals surface area contributed by atoms with Crippen molar-refractivity contribution in [2.24, 2.45) is 0 Å². The zero-order valence-corrected chi connectivity index (χ0v) is 11.5. The lowest BCUT2D eigenvalue weighted by Gasteiger charge is -2.07. The zero-order valence-electron chi connectivity index (χ0n) is 9.93. The van der Waals surface area contributed by atoms with Gasteiger partial charge in [-0.05, 0) is 46.3 Å². The molecule has 5 nitrogen and oxygen atoms in total. The van der Waals surface area contributed by atoms with Crippen LogP contribution in [0.1, 0.15) is 20.7 Å². The summed E-state index contributed by atoms with van der Waals surface area (Å²) in [6.07, 6.45) is 1.43. The van der Waals surface area contributed by atoms with Crippen LogP contribution in [0.4, 0.5) is 10.1 Å². The molecule has 0 radical (unpaired) electrons. The molecule has 7 heteroatoms. The highest BCUT2D eigenvalue weighted by Gasteiger charge is 2.12. The number of rotatable bonds is 3. The quantitative estimate of drug-likeness (QED) is 0.843. The number of carboxylic acids is 1. The van der Waals surface area contributed by atoms with Crippen LogP contribution in [0.3, 0.4) is 0 Å². The van der Waals surface area contributed by atoms with Gasteiger partial charge in [-0.1, -0.05) is 0 Å². The molecule has 20 heavy (non-hydrogen) atoms. The van der Waals surface area contributed by atoms with Gasteiger partial charge in [0, 0.05) is 11.8 Å². The molecule has 0 saturated carbocycles. The minimum atomic E-state index is -1.24.